The molecule has 6 nitrogen and oxygen atoms in total. The Morgan fingerprint density at radius 1 is 0.248 bits per heavy atom. The molecule has 0 aliphatic rings. The van der Waals surface area contributed by atoms with Gasteiger partial charge in [-0.3, -0.25) is 0 Å². The number of hydrogen-bond donors (Lipinski definition) is 3. The predicted octanol–water partition coefficient (Wildman–Crippen LogP) is 25.4. The molecule has 0 aliphatic heterocycles. The van der Waals surface area contributed by atoms with Crippen LogP contribution in [0.3, 0.4) is 0 Å². The van der Waals surface area contributed by atoms with E-state index in [-0.39, 0.29) is 32.1 Å². The molecule has 0 fully saturated rings. The van der Waals surface area contributed by atoms with Crippen molar-refractivity contribution in [2.75, 3.05) is 25.7 Å². The number of nitrogen functional groups attached to an aromatic ring is 2. The molecule has 0 heterocycles. The molecule has 0 atom stereocenters. The minimum absolute atomic E-state index is 0. The monoisotopic (exact) mass is 1960 g/mol. The van der Waals surface area contributed by atoms with Gasteiger partial charge in [-0.05, 0) is 187 Å². The maximum atomic E-state index is 14.8. The summed E-state index contributed by atoms with van der Waals surface area (Å²) in [5.74, 6) is 1.61. The van der Waals surface area contributed by atoms with Crippen molar-refractivity contribution in [1.82, 2.24) is 0 Å². The number of hydrogen-bond acceptors (Lipinski definition) is 6. The third-order valence-corrected chi connectivity index (χ3v) is 32.6. The van der Waals surface area contributed by atoms with Crippen LogP contribution in [0.5, 0.6) is 17.2 Å². The van der Waals surface area contributed by atoms with Crippen molar-refractivity contribution in [2.45, 2.75) is 0 Å². The molecule has 1 radical (unpaired) electrons. The van der Waals surface area contributed by atoms with Gasteiger partial charge >= 0.3 is 7.69 Å². The van der Waals surface area contributed by atoms with Gasteiger partial charge in [0.1, 0.15) is 28.9 Å². The van der Waals surface area contributed by atoms with Crippen LogP contribution in [0.2, 0.25) is 0 Å². The normalized spacial score (nSPS) is 10.8. The number of ether oxygens (including phenoxy) is 2. The van der Waals surface area contributed by atoms with Crippen molar-refractivity contribution in [3.63, 3.8) is 0 Å². The molecule has 22 aromatic rings. The molecule has 22 aromatic carbocycles. The van der Waals surface area contributed by atoms with E-state index in [4.69, 9.17) is 26.0 Å². The Morgan fingerprint density at radius 2 is 0.496 bits per heavy atom. The number of anilines is 2. The van der Waals surface area contributed by atoms with Crippen LogP contribution in [-0.2, 0) is 20.4 Å². The zero-order valence-corrected chi connectivity index (χ0v) is 79.7. The van der Waals surface area contributed by atoms with E-state index in [1.165, 1.54) is 63.7 Å². The van der Waals surface area contributed by atoms with Crippen molar-refractivity contribution in [2.24, 2.45) is 0 Å². The average molecular weight is 1960 g/mol. The Hall–Kier alpha value is -13.3. The summed E-state index contributed by atoms with van der Waals surface area (Å²) in [4.78, 5) is 0. The number of rotatable bonds is 17. The first kappa shape index (κ1) is 94.3. The first-order valence-corrected chi connectivity index (χ1v) is 49.4. The molecule has 0 saturated heterocycles. The Labute approximate surface area is 804 Å². The average Bonchev–Trinajstić information content (AvgIpc) is 0.727. The molecule has 0 aliphatic carbocycles. The molecule has 0 saturated carbocycles. The van der Waals surface area contributed by atoms with Crippen molar-refractivity contribution >= 4 is 195 Å². The van der Waals surface area contributed by atoms with Gasteiger partial charge in [-0.15, -0.1) is 0 Å². The summed E-state index contributed by atoms with van der Waals surface area (Å²) < 4.78 is 45.8. The SMILES string of the molecule is COc1c(-c2ccccc2N)cc2cc(F)c3cccc4ccc1c2c43.COc1c(Br)cc2cc(F)c3cccc4ccc1c2c43.Nc1ccccc1O[B]O.[Pd].c1ccc(P(c2ccccc2)c2ccccc2)cc1.c1ccc(P(c2ccccc2)c2ccccc2)cc1.c1ccc(P(c2ccccc2)c2ccccc2)cc1.c1ccc(P(c2ccccc2)c2ccccc2)cc1. The van der Waals surface area contributed by atoms with Crippen LogP contribution in [0.25, 0.3) is 75.8 Å². The van der Waals surface area contributed by atoms with Gasteiger partial charge in [0.25, 0.3) is 0 Å². The smallest absolute Gasteiger partial charge is 0.536 e. The van der Waals surface area contributed by atoms with Gasteiger partial charge < -0.3 is 30.6 Å². The molecule has 22 rings (SSSR count). The molecule has 15 heteroatoms. The summed E-state index contributed by atoms with van der Waals surface area (Å²) in [7, 11) is 2.13. The third kappa shape index (κ3) is 22.9. The molecular weight excluding hydrogens is 1870 g/mol. The second-order valence-corrected chi connectivity index (χ2v) is 40.2. The minimum atomic E-state index is -0.446. The molecular formula is C118H93BBrF2N2O4P4Pd. The number of methoxy groups -OCH3 is 2. The summed E-state index contributed by atoms with van der Waals surface area (Å²) >= 11 is 3.50. The molecule has 0 amide bonds. The zero-order valence-electron chi connectivity index (χ0n) is 73.0. The van der Waals surface area contributed by atoms with Crippen LogP contribution >= 0.6 is 47.6 Å². The summed E-state index contributed by atoms with van der Waals surface area (Å²) in [5.41, 5.74) is 14.6. The van der Waals surface area contributed by atoms with E-state index in [0.29, 0.717) is 35.6 Å². The number of benzene rings is 22. The largest absolute Gasteiger partial charge is 0.569 e. The van der Waals surface area contributed by atoms with Crippen LogP contribution in [0.4, 0.5) is 20.2 Å². The van der Waals surface area contributed by atoms with Crippen LogP contribution in [-0.4, -0.2) is 26.9 Å². The topological polar surface area (TPSA) is 100.0 Å². The molecule has 0 unspecified atom stereocenters. The fourth-order valence-electron chi connectivity index (χ4n) is 16.4. The number of nitrogens with two attached hydrogens (primary N) is 2. The molecule has 0 aromatic heterocycles. The van der Waals surface area contributed by atoms with Gasteiger partial charge in [0, 0.05) is 80.3 Å². The third-order valence-electron chi connectivity index (χ3n) is 22.2. The first-order valence-electron chi connectivity index (χ1n) is 43.2. The second-order valence-electron chi connectivity index (χ2n) is 30.5. The van der Waals surface area contributed by atoms with E-state index in [1.807, 2.05) is 97.1 Å². The molecule has 5 N–H and O–H groups in total. The van der Waals surface area contributed by atoms with E-state index in [0.717, 1.165) is 81.0 Å². The Morgan fingerprint density at radius 3 is 0.767 bits per heavy atom. The zero-order chi connectivity index (χ0) is 90.8. The predicted molar refractivity (Wildman–Crippen MR) is 571 cm³/mol. The summed E-state index contributed by atoms with van der Waals surface area (Å²) in [5, 5.41) is 36.1. The summed E-state index contributed by atoms with van der Waals surface area (Å²) in [6, 6.07) is 171. The van der Waals surface area contributed by atoms with Crippen molar-refractivity contribution in [1.29, 1.82) is 0 Å². The fraction of sp³-hybridized carbons (Fsp3) is 0.0169. The van der Waals surface area contributed by atoms with Gasteiger partial charge in [0.2, 0.25) is 0 Å². The van der Waals surface area contributed by atoms with Crippen LogP contribution in [0, 0.1) is 11.6 Å². The van der Waals surface area contributed by atoms with E-state index in [1.54, 1.807) is 50.6 Å². The molecule has 0 bridgehead atoms. The molecule has 0 spiro atoms. The van der Waals surface area contributed by atoms with Crippen molar-refractivity contribution < 1.29 is 48.4 Å². The van der Waals surface area contributed by atoms with Gasteiger partial charge in [-0.1, -0.05) is 443 Å². The van der Waals surface area contributed by atoms with Gasteiger partial charge in [0.15, 0.2) is 0 Å². The Bertz CT molecular complexity index is 6530. The van der Waals surface area contributed by atoms with E-state index in [9.17, 15) is 8.78 Å². The quantitative estimate of drug-likeness (QED) is 0.0364. The van der Waals surface area contributed by atoms with Crippen molar-refractivity contribution in [3.8, 4) is 28.4 Å². The standard InChI is InChI=1S/C23H16FNO.4C18H15P.C17H10BrFO.C6H7BNO2.Pd/c1-26-23-17-10-9-13-5-4-7-16-19(24)12-14(22(17)21(13)16)11-18(23)15-6-2-3-8-20(15)25;4*1-4-10-16(11-5-1)19(17-12-6-2-7-13-17)18-14-8-3-9-15-18;1-20-17-12-6-5-9-3-2-4-11-14(19)8-10(7-13(17)18)16(12)15(9)11;8-5-3-1-2-4-6(5)10-7-9;/h2-12H,25H2,1H3;4*1-15H;2-8H,1H3;1-4,9H,8H2;. The van der Waals surface area contributed by atoms with Crippen LogP contribution in [0.15, 0.2) is 502 Å². The van der Waals surface area contributed by atoms with Crippen molar-refractivity contribution in [3.05, 3.63) is 514 Å². The number of halogens is 3. The van der Waals surface area contributed by atoms with E-state index < -0.39 is 31.7 Å². The first-order chi connectivity index (χ1) is 65.0. The van der Waals surface area contributed by atoms with Gasteiger partial charge in [0.05, 0.1) is 24.4 Å². The Balaban J connectivity index is 0.000000120. The maximum absolute atomic E-state index is 14.8. The second kappa shape index (κ2) is 47.2. The molecule has 133 heavy (non-hydrogen) atoms. The summed E-state index contributed by atoms with van der Waals surface area (Å²) in [6.45, 7) is 0. The van der Waals surface area contributed by atoms with Crippen LogP contribution in [0.1, 0.15) is 0 Å². The van der Waals surface area contributed by atoms with Gasteiger partial charge in [-0.25, -0.2) is 8.78 Å². The van der Waals surface area contributed by atoms with Crippen LogP contribution < -0.4 is 89.2 Å². The Kier molecular flexibility index (Phi) is 33.4. The van der Waals surface area contributed by atoms with E-state index in [2.05, 4.69) is 385 Å². The summed E-state index contributed by atoms with van der Waals surface area (Å²) in [6.07, 6.45) is 0. The maximum Gasteiger partial charge on any atom is 0.569 e. The fourth-order valence-corrected chi connectivity index (χ4v) is 26.2. The number of para-hydroxylation sites is 3. The molecule has 653 valence electrons. The van der Waals surface area contributed by atoms with Gasteiger partial charge in [-0.2, -0.15) is 0 Å². The van der Waals surface area contributed by atoms with E-state index >= 15 is 0 Å². The minimum Gasteiger partial charge on any atom is -0.536 e.